The smallest absolute Gasteiger partial charge is 0.449 e. The second-order valence-corrected chi connectivity index (χ2v) is 8.01. The summed E-state index contributed by atoms with van der Waals surface area (Å²) >= 11 is 6.03. The summed E-state index contributed by atoms with van der Waals surface area (Å²) in [5.74, 6) is 0.250. The van der Waals surface area contributed by atoms with Gasteiger partial charge in [-0.3, -0.25) is 4.79 Å². The van der Waals surface area contributed by atoms with E-state index in [9.17, 15) is 9.59 Å². The van der Waals surface area contributed by atoms with Gasteiger partial charge in [-0.1, -0.05) is 41.9 Å². The van der Waals surface area contributed by atoms with Gasteiger partial charge in [0, 0.05) is 29.7 Å². The van der Waals surface area contributed by atoms with Crippen molar-refractivity contribution in [2.24, 2.45) is 0 Å². The van der Waals surface area contributed by atoms with Crippen LogP contribution in [0.1, 0.15) is 23.5 Å². The number of carboxylic acid groups (broad SMARTS) is 1. The second-order valence-electron chi connectivity index (χ2n) is 7.57. The highest BCUT2D eigenvalue weighted by Gasteiger charge is 2.66. The van der Waals surface area contributed by atoms with Crippen LogP contribution in [0.2, 0.25) is 5.02 Å². The molecule has 0 unspecified atom stereocenters. The van der Waals surface area contributed by atoms with E-state index in [0.717, 1.165) is 23.2 Å². The average molecular weight is 424 g/mol. The Morgan fingerprint density at radius 3 is 2.73 bits per heavy atom. The van der Waals surface area contributed by atoms with Gasteiger partial charge >= 0.3 is 6.16 Å². The van der Waals surface area contributed by atoms with Crippen LogP contribution in [0.5, 0.6) is 5.88 Å². The van der Waals surface area contributed by atoms with E-state index >= 15 is 0 Å². The molecule has 1 saturated carbocycles. The number of carbonyl (C=O) groups excluding carboxylic acids is 1. The van der Waals surface area contributed by atoms with Crippen molar-refractivity contribution < 1.29 is 19.4 Å². The van der Waals surface area contributed by atoms with Crippen LogP contribution in [0.3, 0.4) is 0 Å². The first-order chi connectivity index (χ1) is 14.5. The van der Waals surface area contributed by atoms with E-state index in [0.29, 0.717) is 18.1 Å². The Hall–Kier alpha value is -3.32. The first-order valence-electron chi connectivity index (χ1n) is 9.58. The molecule has 5 rings (SSSR count). The molecule has 1 fully saturated rings. The summed E-state index contributed by atoms with van der Waals surface area (Å²) in [7, 11) is 0. The van der Waals surface area contributed by atoms with Crippen molar-refractivity contribution in [3.63, 3.8) is 0 Å². The molecule has 0 saturated heterocycles. The molecule has 2 aromatic carbocycles. The number of fused-ring (bicyclic) bond motifs is 2. The third-order valence-corrected chi connectivity index (χ3v) is 6.17. The zero-order valence-electron chi connectivity index (χ0n) is 15.9. The number of anilines is 1. The molecule has 1 N–H and O–H groups in total. The fourth-order valence-electron chi connectivity index (χ4n) is 4.49. The van der Waals surface area contributed by atoms with Gasteiger partial charge < -0.3 is 19.3 Å². The monoisotopic (exact) mass is 423 g/mol. The molecule has 7 nitrogen and oxygen atoms in total. The third kappa shape index (κ3) is 2.93. The van der Waals surface area contributed by atoms with Gasteiger partial charge in [-0.25, -0.2) is 9.78 Å². The number of benzene rings is 2. The van der Waals surface area contributed by atoms with Crippen LogP contribution >= 0.6 is 11.6 Å². The summed E-state index contributed by atoms with van der Waals surface area (Å²) in [6.45, 7) is 0.922. The number of imidazole rings is 1. The predicted octanol–water partition coefficient (Wildman–Crippen LogP) is 4.07. The highest BCUT2D eigenvalue weighted by molar-refractivity contribution is 6.30. The lowest BCUT2D eigenvalue weighted by molar-refractivity contribution is -0.120. The second kappa shape index (κ2) is 6.88. The quantitative estimate of drug-likeness (QED) is 0.625. The van der Waals surface area contributed by atoms with Crippen molar-refractivity contribution >= 4 is 29.4 Å². The van der Waals surface area contributed by atoms with E-state index < -0.39 is 11.6 Å². The Morgan fingerprint density at radius 2 is 1.97 bits per heavy atom. The first kappa shape index (κ1) is 18.7. The Bertz CT molecular complexity index is 1140. The highest BCUT2D eigenvalue weighted by Crippen LogP contribution is 2.66. The van der Waals surface area contributed by atoms with Crippen molar-refractivity contribution in [2.75, 3.05) is 11.4 Å². The van der Waals surface area contributed by atoms with Crippen molar-refractivity contribution in [1.29, 1.82) is 0 Å². The van der Waals surface area contributed by atoms with Gasteiger partial charge in [0.05, 0.1) is 17.9 Å². The number of ether oxygens (including phenoxy) is 1. The number of carbonyl (C=O) groups is 2. The fraction of sp³-hybridized carbons (Fsp3) is 0.227. The average Bonchev–Trinajstić information content (AvgIpc) is 3.25. The first-order valence-corrected chi connectivity index (χ1v) is 9.96. The van der Waals surface area contributed by atoms with Crippen LogP contribution in [-0.4, -0.2) is 33.3 Å². The molecule has 2 aliphatic rings. The topological polar surface area (TPSA) is 84.7 Å². The van der Waals surface area contributed by atoms with Crippen LogP contribution in [-0.2, 0) is 16.8 Å². The Kier molecular flexibility index (Phi) is 4.29. The third-order valence-electron chi connectivity index (χ3n) is 5.92. The van der Waals surface area contributed by atoms with Crippen LogP contribution in [0.15, 0.2) is 61.1 Å². The zero-order chi connectivity index (χ0) is 20.9. The molecule has 8 heteroatoms. The summed E-state index contributed by atoms with van der Waals surface area (Å²) in [5, 5.41) is 9.37. The molecule has 1 aromatic heterocycles. The van der Waals surface area contributed by atoms with E-state index in [1.165, 1.54) is 12.5 Å². The number of hydrogen-bond acceptors (Lipinski definition) is 4. The Labute approximate surface area is 177 Å². The largest absolute Gasteiger partial charge is 0.512 e. The van der Waals surface area contributed by atoms with Gasteiger partial charge in [-0.15, -0.1) is 0 Å². The normalized spacial score (nSPS) is 21.7. The van der Waals surface area contributed by atoms with E-state index in [-0.39, 0.29) is 17.7 Å². The van der Waals surface area contributed by atoms with E-state index in [1.54, 1.807) is 4.57 Å². The van der Waals surface area contributed by atoms with Gasteiger partial charge in [0.1, 0.15) is 0 Å². The number of hydrogen-bond donors (Lipinski definition) is 1. The number of para-hydroxylation sites is 1. The van der Waals surface area contributed by atoms with Crippen LogP contribution in [0.25, 0.3) is 0 Å². The molecule has 152 valence electrons. The molecule has 1 amide bonds. The van der Waals surface area contributed by atoms with E-state index in [4.69, 9.17) is 16.7 Å². The van der Waals surface area contributed by atoms with Crippen molar-refractivity contribution in [3.8, 4) is 5.88 Å². The van der Waals surface area contributed by atoms with Gasteiger partial charge in [0.2, 0.25) is 11.8 Å². The minimum Gasteiger partial charge on any atom is -0.449 e. The summed E-state index contributed by atoms with van der Waals surface area (Å²) < 4.78 is 6.26. The summed E-state index contributed by atoms with van der Waals surface area (Å²) in [6.07, 6.45) is 2.37. The lowest BCUT2D eigenvalue weighted by atomic mass is 9.92. The van der Waals surface area contributed by atoms with Crippen molar-refractivity contribution in [3.05, 3.63) is 77.2 Å². The van der Waals surface area contributed by atoms with E-state index in [1.807, 2.05) is 53.4 Å². The van der Waals surface area contributed by atoms with Crippen LogP contribution in [0, 0.1) is 0 Å². The minimum absolute atomic E-state index is 0.0112. The standard InChI is InChI=1S/C22H18ClN3O4/c23-15-7-5-14(6-8-15)17-11-22(17)16-3-1-2-4-18(16)26(20(22)27)10-9-25-12-19(24-13-25)30-21(28)29/h1-8,12-13,17H,9-11H2,(H,28,29)/t17-,22-/m1/s1. The molecule has 1 aliphatic heterocycles. The number of aromatic nitrogens is 2. The molecule has 1 aliphatic carbocycles. The number of halogens is 1. The zero-order valence-corrected chi connectivity index (χ0v) is 16.6. The van der Waals surface area contributed by atoms with Crippen molar-refractivity contribution in [2.45, 2.75) is 24.3 Å². The number of rotatable bonds is 5. The van der Waals surface area contributed by atoms with Gasteiger partial charge in [-0.05, 0) is 35.7 Å². The van der Waals surface area contributed by atoms with Gasteiger partial charge in [0.25, 0.3) is 0 Å². The molecular weight excluding hydrogens is 406 g/mol. The van der Waals surface area contributed by atoms with Gasteiger partial charge in [-0.2, -0.15) is 0 Å². The van der Waals surface area contributed by atoms with Crippen molar-refractivity contribution in [1.82, 2.24) is 9.55 Å². The Balaban J connectivity index is 1.38. The molecule has 2 heterocycles. The maximum absolute atomic E-state index is 13.5. The number of amides is 1. The molecular formula is C22H18ClN3O4. The van der Waals surface area contributed by atoms with Gasteiger partial charge in [0.15, 0.2) is 0 Å². The molecule has 0 radical (unpaired) electrons. The maximum Gasteiger partial charge on any atom is 0.512 e. The van der Waals surface area contributed by atoms with E-state index in [2.05, 4.69) is 9.72 Å². The summed E-state index contributed by atoms with van der Waals surface area (Å²) in [5.41, 5.74) is 2.60. The minimum atomic E-state index is -1.41. The van der Waals surface area contributed by atoms with Crippen LogP contribution in [0.4, 0.5) is 10.5 Å². The molecule has 30 heavy (non-hydrogen) atoms. The summed E-state index contributed by atoms with van der Waals surface area (Å²) in [6, 6.07) is 15.6. The molecule has 0 bridgehead atoms. The molecule has 3 aromatic rings. The fourth-order valence-corrected chi connectivity index (χ4v) is 4.61. The highest BCUT2D eigenvalue weighted by atomic mass is 35.5. The summed E-state index contributed by atoms with van der Waals surface area (Å²) in [4.78, 5) is 29.9. The SMILES string of the molecule is O=C(O)Oc1cn(CCN2C(=O)[C@]3(C[C@@H]3c3ccc(Cl)cc3)c3ccccc32)cn1. The predicted molar refractivity (Wildman–Crippen MR) is 110 cm³/mol. The molecule has 2 atom stereocenters. The number of nitrogens with zero attached hydrogens (tertiary/aromatic N) is 3. The maximum atomic E-state index is 13.5. The van der Waals surface area contributed by atoms with Crippen LogP contribution < -0.4 is 9.64 Å². The lowest BCUT2D eigenvalue weighted by Crippen LogP contribution is -2.35. The molecule has 1 spiro atoms. The Morgan fingerprint density at radius 1 is 1.20 bits per heavy atom. The lowest BCUT2D eigenvalue weighted by Gasteiger charge is -2.18.